The Labute approximate surface area is 199 Å². The zero-order chi connectivity index (χ0) is 24.8. The molecule has 8 nitrogen and oxygen atoms in total. The van der Waals surface area contributed by atoms with Gasteiger partial charge in [-0.25, -0.2) is 0 Å². The third-order valence-corrected chi connectivity index (χ3v) is 5.52. The second-order valence-corrected chi connectivity index (χ2v) is 8.14. The van der Waals surface area contributed by atoms with Crippen LogP contribution < -0.4 is 14.2 Å². The summed E-state index contributed by atoms with van der Waals surface area (Å²) in [6.45, 7) is 4.52. The lowest BCUT2D eigenvalue weighted by Crippen LogP contribution is -2.31. The summed E-state index contributed by atoms with van der Waals surface area (Å²) in [5.74, 6) is -0.0692. The molecule has 1 saturated heterocycles. The van der Waals surface area contributed by atoms with E-state index in [1.165, 1.54) is 19.1 Å². The number of benzene rings is 2. The van der Waals surface area contributed by atoms with Crippen molar-refractivity contribution in [2.75, 3.05) is 34.5 Å². The molecule has 0 saturated carbocycles. The molecule has 1 N–H and O–H groups in total. The number of nitrogens with zero attached hydrogens (tertiary/aromatic N) is 1. The van der Waals surface area contributed by atoms with Crippen molar-refractivity contribution in [2.24, 2.45) is 0 Å². The number of hydrogen-bond donors (Lipinski definition) is 1. The van der Waals surface area contributed by atoms with Crippen molar-refractivity contribution in [1.29, 1.82) is 0 Å². The minimum atomic E-state index is -0.853. The van der Waals surface area contributed by atoms with Crippen LogP contribution in [0.4, 0.5) is 0 Å². The van der Waals surface area contributed by atoms with Gasteiger partial charge in [0, 0.05) is 31.4 Å². The first-order valence-electron chi connectivity index (χ1n) is 11.1. The number of carbonyl (C=O) groups excluding carboxylic acids is 2. The number of aliphatic hydroxyl groups excluding tert-OH is 1. The molecule has 2 aromatic rings. The fraction of sp³-hybridized carbons (Fsp3) is 0.385. The van der Waals surface area contributed by atoms with Crippen LogP contribution in [0.5, 0.6) is 17.2 Å². The van der Waals surface area contributed by atoms with Crippen LogP contribution in [0.3, 0.4) is 0 Å². The number of carbonyl (C=O) groups is 2. The molecule has 1 fully saturated rings. The molecule has 1 atom stereocenters. The van der Waals surface area contributed by atoms with E-state index in [0.29, 0.717) is 41.4 Å². The zero-order valence-electron chi connectivity index (χ0n) is 20.2. The molecular weight excluding hydrogens is 438 g/mol. The first-order chi connectivity index (χ1) is 16.3. The predicted molar refractivity (Wildman–Crippen MR) is 127 cm³/mol. The smallest absolute Gasteiger partial charge is 0.295 e. The summed E-state index contributed by atoms with van der Waals surface area (Å²) in [6, 6.07) is 11.0. The summed E-state index contributed by atoms with van der Waals surface area (Å²) in [5, 5.41) is 11.2. The molecule has 1 aliphatic heterocycles. The molecule has 0 unspecified atom stereocenters. The van der Waals surface area contributed by atoms with Gasteiger partial charge in [0.2, 0.25) is 0 Å². The van der Waals surface area contributed by atoms with Crippen molar-refractivity contribution in [3.05, 3.63) is 59.2 Å². The van der Waals surface area contributed by atoms with E-state index in [1.807, 2.05) is 13.8 Å². The normalized spacial score (nSPS) is 17.4. The number of ether oxygens (including phenoxy) is 4. The van der Waals surface area contributed by atoms with Crippen LogP contribution in [0, 0.1) is 0 Å². The Kier molecular flexibility index (Phi) is 8.17. The van der Waals surface area contributed by atoms with E-state index in [4.69, 9.17) is 18.9 Å². The third kappa shape index (κ3) is 5.17. The minimum absolute atomic E-state index is 0.00241. The number of amides is 1. The van der Waals surface area contributed by atoms with E-state index in [2.05, 4.69) is 0 Å². The molecule has 0 bridgehead atoms. The van der Waals surface area contributed by atoms with E-state index >= 15 is 0 Å². The molecule has 8 heteroatoms. The van der Waals surface area contributed by atoms with Crippen LogP contribution in [0.25, 0.3) is 5.76 Å². The second kappa shape index (κ2) is 11.1. The van der Waals surface area contributed by atoms with Gasteiger partial charge in [-0.15, -0.1) is 0 Å². The summed E-state index contributed by atoms with van der Waals surface area (Å²) in [7, 11) is 4.61. The van der Waals surface area contributed by atoms with Gasteiger partial charge in [0.05, 0.1) is 31.9 Å². The SMILES string of the molecule is COCCCN1C(=O)C(=O)/C(=C(/O)c2ccc(OC(C)C)cc2)[C@@H]1c1cc(OC)ccc1OC. The average molecular weight is 470 g/mol. The first-order valence-corrected chi connectivity index (χ1v) is 11.1. The summed E-state index contributed by atoms with van der Waals surface area (Å²) < 4.78 is 21.7. The molecule has 2 aromatic carbocycles. The van der Waals surface area contributed by atoms with E-state index in [0.717, 1.165) is 0 Å². The average Bonchev–Trinajstić information content (AvgIpc) is 3.08. The fourth-order valence-corrected chi connectivity index (χ4v) is 3.99. The Balaban J connectivity index is 2.15. The van der Waals surface area contributed by atoms with Crippen molar-refractivity contribution >= 4 is 17.4 Å². The van der Waals surface area contributed by atoms with E-state index < -0.39 is 17.7 Å². The molecule has 0 radical (unpaired) electrons. The van der Waals surface area contributed by atoms with Gasteiger partial charge in [-0.05, 0) is 62.7 Å². The van der Waals surface area contributed by atoms with Crippen molar-refractivity contribution in [3.63, 3.8) is 0 Å². The van der Waals surface area contributed by atoms with Gasteiger partial charge >= 0.3 is 0 Å². The monoisotopic (exact) mass is 469 g/mol. The van der Waals surface area contributed by atoms with Crippen molar-refractivity contribution in [2.45, 2.75) is 32.4 Å². The number of hydrogen-bond acceptors (Lipinski definition) is 7. The Hall–Kier alpha value is -3.52. The van der Waals surface area contributed by atoms with Crippen LogP contribution in [0.2, 0.25) is 0 Å². The van der Waals surface area contributed by atoms with Gasteiger partial charge in [0.1, 0.15) is 23.0 Å². The van der Waals surface area contributed by atoms with Crippen molar-refractivity contribution < 1.29 is 33.6 Å². The van der Waals surface area contributed by atoms with E-state index in [9.17, 15) is 14.7 Å². The highest BCUT2D eigenvalue weighted by Gasteiger charge is 2.47. The quantitative estimate of drug-likeness (QED) is 0.244. The molecule has 1 heterocycles. The summed E-state index contributed by atoms with van der Waals surface area (Å²) in [6.07, 6.45) is 0.519. The van der Waals surface area contributed by atoms with Crippen LogP contribution in [-0.4, -0.2) is 62.3 Å². The molecule has 0 aliphatic carbocycles. The Bertz CT molecular complexity index is 1060. The molecule has 0 aromatic heterocycles. The van der Waals surface area contributed by atoms with Crippen LogP contribution in [0.1, 0.15) is 37.4 Å². The molecule has 0 spiro atoms. The molecule has 182 valence electrons. The van der Waals surface area contributed by atoms with Crippen LogP contribution in [0.15, 0.2) is 48.0 Å². The zero-order valence-corrected chi connectivity index (χ0v) is 20.2. The summed E-state index contributed by atoms with van der Waals surface area (Å²) in [4.78, 5) is 27.7. The number of methoxy groups -OCH3 is 3. The molecule has 34 heavy (non-hydrogen) atoms. The van der Waals surface area contributed by atoms with Crippen LogP contribution in [-0.2, 0) is 14.3 Å². The first kappa shape index (κ1) is 25.1. The highest BCUT2D eigenvalue weighted by atomic mass is 16.5. The number of ketones is 1. The summed E-state index contributed by atoms with van der Waals surface area (Å²) in [5.41, 5.74) is 0.934. The largest absolute Gasteiger partial charge is 0.507 e. The van der Waals surface area contributed by atoms with Gasteiger partial charge in [-0.2, -0.15) is 0 Å². The van der Waals surface area contributed by atoms with Gasteiger partial charge in [0.25, 0.3) is 11.7 Å². The summed E-state index contributed by atoms with van der Waals surface area (Å²) >= 11 is 0. The topological polar surface area (TPSA) is 94.5 Å². The maximum absolute atomic E-state index is 13.2. The standard InChI is InChI=1S/C26H31NO7/c1-16(2)34-18-9-7-17(8-10-18)24(28)22-23(20-15-19(32-4)11-12-21(20)33-5)27(13-6-14-31-3)26(30)25(22)29/h7-12,15-16,23,28H,6,13-14H2,1-5H3/b24-22+/t23-/m0/s1. The Morgan fingerprint density at radius 3 is 2.26 bits per heavy atom. The number of Topliss-reactive ketones (excluding diaryl/α,β-unsaturated/α-hetero) is 1. The lowest BCUT2D eigenvalue weighted by atomic mass is 9.94. The number of likely N-dealkylation sites (tertiary alicyclic amines) is 1. The van der Waals surface area contributed by atoms with Gasteiger partial charge in [-0.1, -0.05) is 0 Å². The number of rotatable bonds is 10. The van der Waals surface area contributed by atoms with Gasteiger partial charge < -0.3 is 29.0 Å². The van der Waals surface area contributed by atoms with E-state index in [1.54, 1.807) is 49.6 Å². The lowest BCUT2D eigenvalue weighted by Gasteiger charge is -2.27. The highest BCUT2D eigenvalue weighted by Crippen LogP contribution is 2.44. The third-order valence-electron chi connectivity index (χ3n) is 5.52. The fourth-order valence-electron chi connectivity index (χ4n) is 3.99. The maximum Gasteiger partial charge on any atom is 0.295 e. The molecule has 1 amide bonds. The second-order valence-electron chi connectivity index (χ2n) is 8.14. The van der Waals surface area contributed by atoms with Gasteiger partial charge in [0.15, 0.2) is 0 Å². The van der Waals surface area contributed by atoms with Crippen molar-refractivity contribution in [3.8, 4) is 17.2 Å². The van der Waals surface area contributed by atoms with Gasteiger partial charge in [-0.3, -0.25) is 9.59 Å². The molecular formula is C26H31NO7. The Morgan fingerprint density at radius 2 is 1.68 bits per heavy atom. The number of aliphatic hydroxyl groups is 1. The maximum atomic E-state index is 13.2. The predicted octanol–water partition coefficient (Wildman–Crippen LogP) is 3.95. The Morgan fingerprint density at radius 1 is 1.00 bits per heavy atom. The van der Waals surface area contributed by atoms with E-state index in [-0.39, 0.29) is 24.0 Å². The van der Waals surface area contributed by atoms with Crippen LogP contribution >= 0.6 is 0 Å². The minimum Gasteiger partial charge on any atom is -0.507 e. The lowest BCUT2D eigenvalue weighted by molar-refractivity contribution is -0.140. The van der Waals surface area contributed by atoms with Crippen molar-refractivity contribution in [1.82, 2.24) is 4.90 Å². The molecule has 3 rings (SSSR count). The highest BCUT2D eigenvalue weighted by molar-refractivity contribution is 6.46. The molecule has 1 aliphatic rings.